The molecule has 0 spiro atoms. The van der Waals surface area contributed by atoms with E-state index in [0.29, 0.717) is 0 Å². The molecular formula is C11H21. The molecule has 0 bridgehead atoms. The smallest absolute Gasteiger partial charge is 0.0386 e. The molecule has 2 unspecified atom stereocenters. The highest BCUT2D eigenvalue weighted by atomic mass is 14.3. The SMILES string of the molecule is [CH2]CCC1CCCCC1CC. The molecule has 1 radical (unpaired) electrons. The van der Waals surface area contributed by atoms with Crippen LogP contribution in [-0.4, -0.2) is 0 Å². The van der Waals surface area contributed by atoms with Gasteiger partial charge in [0.05, 0.1) is 0 Å². The summed E-state index contributed by atoms with van der Waals surface area (Å²) >= 11 is 0. The summed E-state index contributed by atoms with van der Waals surface area (Å²) in [5.74, 6) is 2.05. The average Bonchev–Trinajstić information content (AvgIpc) is 2.06. The molecule has 1 fully saturated rings. The van der Waals surface area contributed by atoms with Gasteiger partial charge in [-0.15, -0.1) is 0 Å². The van der Waals surface area contributed by atoms with Gasteiger partial charge in [0.15, 0.2) is 0 Å². The molecule has 1 aliphatic carbocycles. The summed E-state index contributed by atoms with van der Waals surface area (Å²) < 4.78 is 0. The highest BCUT2D eigenvalue weighted by Crippen LogP contribution is 2.34. The van der Waals surface area contributed by atoms with E-state index in [4.69, 9.17) is 0 Å². The third kappa shape index (κ3) is 2.50. The summed E-state index contributed by atoms with van der Waals surface area (Å²) in [5, 5.41) is 0. The second-order valence-electron chi connectivity index (χ2n) is 3.86. The molecular weight excluding hydrogens is 132 g/mol. The first-order chi connectivity index (χ1) is 5.38. The lowest BCUT2D eigenvalue weighted by molar-refractivity contribution is 0.219. The van der Waals surface area contributed by atoms with Crippen molar-refractivity contribution in [3.05, 3.63) is 6.92 Å². The molecule has 0 saturated heterocycles. The van der Waals surface area contributed by atoms with Gasteiger partial charge in [0.25, 0.3) is 0 Å². The standard InChI is InChI=1S/C11H21/c1-3-7-11-9-6-5-8-10(11)4-2/h10-11H,1,3-9H2,2H3. The lowest BCUT2D eigenvalue weighted by atomic mass is 9.76. The molecule has 1 rings (SSSR count). The summed E-state index contributed by atoms with van der Waals surface area (Å²) in [6.45, 7) is 6.29. The van der Waals surface area contributed by atoms with E-state index < -0.39 is 0 Å². The van der Waals surface area contributed by atoms with Crippen LogP contribution >= 0.6 is 0 Å². The van der Waals surface area contributed by atoms with Crippen LogP contribution in [0.25, 0.3) is 0 Å². The van der Waals surface area contributed by atoms with Crippen molar-refractivity contribution >= 4 is 0 Å². The molecule has 0 aliphatic heterocycles. The lowest BCUT2D eigenvalue weighted by Crippen LogP contribution is -2.18. The van der Waals surface area contributed by atoms with Crippen molar-refractivity contribution in [2.75, 3.05) is 0 Å². The summed E-state index contributed by atoms with van der Waals surface area (Å²) in [6.07, 6.45) is 9.83. The van der Waals surface area contributed by atoms with Crippen LogP contribution in [-0.2, 0) is 0 Å². The molecule has 11 heavy (non-hydrogen) atoms. The van der Waals surface area contributed by atoms with Crippen LogP contribution < -0.4 is 0 Å². The highest BCUT2D eigenvalue weighted by Gasteiger charge is 2.22. The van der Waals surface area contributed by atoms with Crippen molar-refractivity contribution in [3.63, 3.8) is 0 Å². The quantitative estimate of drug-likeness (QED) is 0.578. The fraction of sp³-hybridized carbons (Fsp3) is 0.909. The maximum absolute atomic E-state index is 3.95. The van der Waals surface area contributed by atoms with Gasteiger partial charge in [-0.25, -0.2) is 0 Å². The number of rotatable bonds is 3. The molecule has 0 aromatic rings. The van der Waals surface area contributed by atoms with Crippen molar-refractivity contribution < 1.29 is 0 Å². The van der Waals surface area contributed by atoms with Crippen LogP contribution in [0.1, 0.15) is 51.9 Å². The first-order valence-corrected chi connectivity index (χ1v) is 5.17. The van der Waals surface area contributed by atoms with E-state index in [9.17, 15) is 0 Å². The van der Waals surface area contributed by atoms with Gasteiger partial charge in [-0.2, -0.15) is 0 Å². The Kier molecular flexibility index (Phi) is 3.96. The lowest BCUT2D eigenvalue weighted by Gasteiger charge is -2.30. The van der Waals surface area contributed by atoms with E-state index >= 15 is 0 Å². The first kappa shape index (κ1) is 9.09. The Bertz CT molecular complexity index is 94.2. The second-order valence-corrected chi connectivity index (χ2v) is 3.86. The zero-order valence-electron chi connectivity index (χ0n) is 7.81. The van der Waals surface area contributed by atoms with Gasteiger partial charge in [-0.3, -0.25) is 0 Å². The van der Waals surface area contributed by atoms with Gasteiger partial charge >= 0.3 is 0 Å². The summed E-state index contributed by atoms with van der Waals surface area (Å²) in [5.41, 5.74) is 0. The van der Waals surface area contributed by atoms with Gasteiger partial charge in [0, 0.05) is 0 Å². The summed E-state index contributed by atoms with van der Waals surface area (Å²) in [6, 6.07) is 0. The molecule has 0 nitrogen and oxygen atoms in total. The molecule has 0 aromatic heterocycles. The molecule has 65 valence electrons. The zero-order valence-corrected chi connectivity index (χ0v) is 7.81. The minimum absolute atomic E-state index is 1.02. The Morgan fingerprint density at radius 2 is 1.82 bits per heavy atom. The Balaban J connectivity index is 2.31. The van der Waals surface area contributed by atoms with Crippen molar-refractivity contribution in [2.24, 2.45) is 11.8 Å². The number of hydrogen-bond acceptors (Lipinski definition) is 0. The van der Waals surface area contributed by atoms with Crippen LogP contribution in [0, 0.1) is 18.8 Å². The van der Waals surface area contributed by atoms with Gasteiger partial charge in [0.2, 0.25) is 0 Å². The molecule has 0 heteroatoms. The second kappa shape index (κ2) is 4.79. The van der Waals surface area contributed by atoms with E-state index in [-0.39, 0.29) is 0 Å². The van der Waals surface area contributed by atoms with E-state index in [1.54, 1.807) is 0 Å². The van der Waals surface area contributed by atoms with Crippen molar-refractivity contribution in [1.82, 2.24) is 0 Å². The summed E-state index contributed by atoms with van der Waals surface area (Å²) in [4.78, 5) is 0. The maximum Gasteiger partial charge on any atom is -0.0386 e. The fourth-order valence-electron chi connectivity index (χ4n) is 2.46. The molecule has 0 aromatic carbocycles. The fourth-order valence-corrected chi connectivity index (χ4v) is 2.46. The first-order valence-electron chi connectivity index (χ1n) is 5.17. The predicted octanol–water partition coefficient (Wildman–Crippen LogP) is 3.82. The Hall–Kier alpha value is 0. The Morgan fingerprint density at radius 1 is 1.18 bits per heavy atom. The maximum atomic E-state index is 3.95. The predicted molar refractivity (Wildman–Crippen MR) is 50.3 cm³/mol. The Labute approximate surface area is 71.4 Å². The van der Waals surface area contributed by atoms with Gasteiger partial charge in [0.1, 0.15) is 0 Å². The normalized spacial score (nSPS) is 32.2. The van der Waals surface area contributed by atoms with E-state index in [2.05, 4.69) is 13.8 Å². The third-order valence-corrected chi connectivity index (χ3v) is 3.17. The minimum atomic E-state index is 1.02. The van der Waals surface area contributed by atoms with Gasteiger partial charge in [-0.05, 0) is 11.8 Å². The van der Waals surface area contributed by atoms with Gasteiger partial charge in [-0.1, -0.05) is 58.8 Å². The van der Waals surface area contributed by atoms with Crippen LogP contribution in [0.2, 0.25) is 0 Å². The zero-order chi connectivity index (χ0) is 8.10. The average molecular weight is 153 g/mol. The number of hydrogen-bond donors (Lipinski definition) is 0. The topological polar surface area (TPSA) is 0 Å². The van der Waals surface area contributed by atoms with Crippen molar-refractivity contribution in [2.45, 2.75) is 51.9 Å². The summed E-state index contributed by atoms with van der Waals surface area (Å²) in [7, 11) is 0. The highest BCUT2D eigenvalue weighted by molar-refractivity contribution is 4.74. The van der Waals surface area contributed by atoms with Crippen LogP contribution in [0.4, 0.5) is 0 Å². The minimum Gasteiger partial charge on any atom is -0.0651 e. The van der Waals surface area contributed by atoms with Gasteiger partial charge < -0.3 is 0 Å². The molecule has 2 atom stereocenters. The molecule has 0 amide bonds. The van der Waals surface area contributed by atoms with E-state index in [0.717, 1.165) is 18.3 Å². The molecule has 1 saturated carbocycles. The van der Waals surface area contributed by atoms with Crippen LogP contribution in [0.3, 0.4) is 0 Å². The van der Waals surface area contributed by atoms with E-state index in [1.165, 1.54) is 38.5 Å². The van der Waals surface area contributed by atoms with E-state index in [1.807, 2.05) is 0 Å². The molecule has 0 heterocycles. The third-order valence-electron chi connectivity index (χ3n) is 3.17. The van der Waals surface area contributed by atoms with Crippen molar-refractivity contribution in [1.29, 1.82) is 0 Å². The monoisotopic (exact) mass is 153 g/mol. The van der Waals surface area contributed by atoms with Crippen molar-refractivity contribution in [3.8, 4) is 0 Å². The molecule has 1 aliphatic rings. The molecule has 0 N–H and O–H groups in total. The largest absolute Gasteiger partial charge is 0.0651 e. The Morgan fingerprint density at radius 3 is 2.36 bits per heavy atom. The van der Waals surface area contributed by atoms with Crippen LogP contribution in [0.5, 0.6) is 0 Å². The van der Waals surface area contributed by atoms with Crippen LogP contribution in [0.15, 0.2) is 0 Å².